The molecule has 0 aliphatic carbocycles. The highest BCUT2D eigenvalue weighted by molar-refractivity contribution is 9.10. The average Bonchev–Trinajstić information content (AvgIpc) is 3.51. The normalized spacial score (nSPS) is 25.7. The molecule has 2 aromatic rings. The minimum atomic E-state index is 0.00455. The van der Waals surface area contributed by atoms with Crippen LogP contribution in [0.25, 0.3) is 10.9 Å². The Labute approximate surface area is 199 Å². The third kappa shape index (κ3) is 4.12. The first-order chi connectivity index (χ1) is 14.9. The summed E-state index contributed by atoms with van der Waals surface area (Å²) in [5.74, 6) is 3.27. The number of amides is 2. The van der Waals surface area contributed by atoms with Gasteiger partial charge in [-0.2, -0.15) is 11.8 Å². The molecule has 1 N–H and O–H groups in total. The minimum absolute atomic E-state index is 0.00455. The molecule has 166 valence electrons. The molecule has 0 saturated carbocycles. The fourth-order valence-electron chi connectivity index (χ4n) is 5.11. The lowest BCUT2D eigenvalue weighted by molar-refractivity contribution is -0.131. The van der Waals surface area contributed by atoms with Gasteiger partial charge < -0.3 is 14.8 Å². The van der Waals surface area contributed by atoms with Gasteiger partial charge in [0.1, 0.15) is 5.69 Å². The van der Waals surface area contributed by atoms with E-state index >= 15 is 0 Å². The molecule has 3 atom stereocenters. The number of carbonyl (C=O) groups excluding carboxylic acids is 2. The number of fused-ring (bicyclic) bond motifs is 2. The SMILES string of the molecule is CN(CC(=O)N1C[C@@H]2CN(C(=O)c3cc4c(Br)ccc(Cl)c4[nH]3)C[C@@H]2C1)C1CCSC1. The second kappa shape index (κ2) is 8.61. The van der Waals surface area contributed by atoms with E-state index in [0.29, 0.717) is 48.2 Å². The zero-order valence-electron chi connectivity index (χ0n) is 17.4. The number of likely N-dealkylation sites (N-methyl/N-ethyl adjacent to an activating group) is 1. The van der Waals surface area contributed by atoms with Crippen molar-refractivity contribution in [1.82, 2.24) is 19.7 Å². The maximum absolute atomic E-state index is 13.1. The number of likely N-dealkylation sites (tertiary alicyclic amines) is 2. The van der Waals surface area contributed by atoms with E-state index in [4.69, 9.17) is 11.6 Å². The van der Waals surface area contributed by atoms with Gasteiger partial charge in [0.05, 0.1) is 17.1 Å². The van der Waals surface area contributed by atoms with E-state index in [1.165, 1.54) is 12.2 Å². The summed E-state index contributed by atoms with van der Waals surface area (Å²) in [7, 11) is 2.07. The molecule has 0 radical (unpaired) electrons. The van der Waals surface area contributed by atoms with Crippen LogP contribution in [0.1, 0.15) is 16.9 Å². The van der Waals surface area contributed by atoms with Crippen molar-refractivity contribution in [2.24, 2.45) is 11.8 Å². The van der Waals surface area contributed by atoms with Crippen LogP contribution in [-0.2, 0) is 4.79 Å². The highest BCUT2D eigenvalue weighted by atomic mass is 79.9. The van der Waals surface area contributed by atoms with Crippen LogP contribution in [-0.4, -0.2) is 88.8 Å². The van der Waals surface area contributed by atoms with Gasteiger partial charge >= 0.3 is 0 Å². The van der Waals surface area contributed by atoms with Gasteiger partial charge in [-0.3, -0.25) is 14.5 Å². The van der Waals surface area contributed by atoms with E-state index < -0.39 is 0 Å². The summed E-state index contributed by atoms with van der Waals surface area (Å²) in [4.78, 5) is 35.3. The van der Waals surface area contributed by atoms with Gasteiger partial charge in [-0.1, -0.05) is 27.5 Å². The average molecular weight is 526 g/mol. The zero-order chi connectivity index (χ0) is 21.7. The summed E-state index contributed by atoms with van der Waals surface area (Å²) in [5.41, 5.74) is 1.34. The Morgan fingerprint density at radius 1 is 1.23 bits per heavy atom. The number of aromatic nitrogens is 1. The van der Waals surface area contributed by atoms with Gasteiger partial charge in [0.15, 0.2) is 0 Å². The quantitative estimate of drug-likeness (QED) is 0.663. The first-order valence-corrected chi connectivity index (χ1v) is 13.0. The first-order valence-electron chi connectivity index (χ1n) is 10.7. The van der Waals surface area contributed by atoms with Crippen molar-refractivity contribution in [2.75, 3.05) is 51.3 Å². The van der Waals surface area contributed by atoms with E-state index in [9.17, 15) is 9.59 Å². The predicted molar refractivity (Wildman–Crippen MR) is 129 cm³/mol. The van der Waals surface area contributed by atoms with Gasteiger partial charge in [-0.05, 0) is 37.4 Å². The second-order valence-electron chi connectivity index (χ2n) is 8.96. The monoisotopic (exact) mass is 524 g/mol. The van der Waals surface area contributed by atoms with Crippen LogP contribution in [0.4, 0.5) is 0 Å². The molecule has 6 nitrogen and oxygen atoms in total. The van der Waals surface area contributed by atoms with E-state index in [1.54, 1.807) is 0 Å². The molecular weight excluding hydrogens is 500 g/mol. The van der Waals surface area contributed by atoms with Crippen LogP contribution in [0.3, 0.4) is 0 Å². The zero-order valence-corrected chi connectivity index (χ0v) is 20.6. The van der Waals surface area contributed by atoms with Crippen LogP contribution >= 0.6 is 39.3 Å². The Balaban J connectivity index is 1.20. The molecule has 3 saturated heterocycles. The molecule has 0 spiro atoms. The second-order valence-corrected chi connectivity index (χ2v) is 11.4. The molecule has 3 aliphatic heterocycles. The lowest BCUT2D eigenvalue weighted by atomic mass is 10.0. The first kappa shape index (κ1) is 21.6. The van der Waals surface area contributed by atoms with E-state index in [2.05, 4.69) is 32.9 Å². The molecular formula is C22H26BrClN4O2S. The molecule has 4 heterocycles. The number of hydrogen-bond donors (Lipinski definition) is 1. The molecule has 0 bridgehead atoms. The number of rotatable bonds is 4. The summed E-state index contributed by atoms with van der Waals surface area (Å²) in [6.07, 6.45) is 1.17. The summed E-state index contributed by atoms with van der Waals surface area (Å²) in [5, 5.41) is 1.52. The number of halogens is 2. The fraction of sp³-hybridized carbons (Fsp3) is 0.545. The van der Waals surface area contributed by atoms with Gasteiger partial charge in [0, 0.05) is 59.7 Å². The Morgan fingerprint density at radius 2 is 1.94 bits per heavy atom. The predicted octanol–water partition coefficient (Wildman–Crippen LogP) is 3.55. The number of hydrogen-bond acceptors (Lipinski definition) is 4. The van der Waals surface area contributed by atoms with Crippen LogP contribution in [0.2, 0.25) is 5.02 Å². The number of aromatic amines is 1. The van der Waals surface area contributed by atoms with Crippen molar-refractivity contribution >= 4 is 62.0 Å². The lowest BCUT2D eigenvalue weighted by Gasteiger charge is -2.27. The molecule has 9 heteroatoms. The molecule has 1 aromatic carbocycles. The van der Waals surface area contributed by atoms with Gasteiger partial charge in [-0.15, -0.1) is 0 Å². The summed E-state index contributed by atoms with van der Waals surface area (Å²) in [6, 6.07) is 6.10. The van der Waals surface area contributed by atoms with Crippen LogP contribution in [0.5, 0.6) is 0 Å². The van der Waals surface area contributed by atoms with Crippen molar-refractivity contribution in [3.63, 3.8) is 0 Å². The van der Waals surface area contributed by atoms with Crippen LogP contribution in [0, 0.1) is 11.8 Å². The lowest BCUT2D eigenvalue weighted by Crippen LogP contribution is -2.43. The van der Waals surface area contributed by atoms with Gasteiger partial charge in [0.2, 0.25) is 5.91 Å². The van der Waals surface area contributed by atoms with Crippen molar-refractivity contribution in [3.05, 3.63) is 33.4 Å². The Morgan fingerprint density at radius 3 is 2.58 bits per heavy atom. The highest BCUT2D eigenvalue weighted by Gasteiger charge is 2.43. The van der Waals surface area contributed by atoms with Crippen molar-refractivity contribution in [1.29, 1.82) is 0 Å². The van der Waals surface area contributed by atoms with E-state index in [0.717, 1.165) is 34.2 Å². The van der Waals surface area contributed by atoms with Crippen molar-refractivity contribution in [2.45, 2.75) is 12.5 Å². The molecule has 3 fully saturated rings. The number of carbonyl (C=O) groups is 2. The number of nitrogens with one attached hydrogen (secondary N) is 1. The Bertz CT molecular complexity index is 971. The van der Waals surface area contributed by atoms with Gasteiger partial charge in [-0.25, -0.2) is 0 Å². The van der Waals surface area contributed by atoms with Crippen LogP contribution < -0.4 is 0 Å². The molecule has 3 aliphatic rings. The van der Waals surface area contributed by atoms with E-state index in [1.807, 2.05) is 39.8 Å². The summed E-state index contributed by atoms with van der Waals surface area (Å²) >= 11 is 11.8. The number of benzene rings is 1. The van der Waals surface area contributed by atoms with Gasteiger partial charge in [0.25, 0.3) is 5.91 Å². The van der Waals surface area contributed by atoms with E-state index in [-0.39, 0.29) is 11.8 Å². The van der Waals surface area contributed by atoms with Crippen LogP contribution in [0.15, 0.2) is 22.7 Å². The minimum Gasteiger partial charge on any atom is -0.349 e. The molecule has 1 aromatic heterocycles. The molecule has 31 heavy (non-hydrogen) atoms. The largest absolute Gasteiger partial charge is 0.349 e. The number of H-pyrrole nitrogens is 1. The number of nitrogens with zero attached hydrogens (tertiary/aromatic N) is 3. The summed E-state index contributed by atoms with van der Waals surface area (Å²) < 4.78 is 0.913. The third-order valence-electron chi connectivity index (χ3n) is 6.96. The number of thioether (sulfide) groups is 1. The maximum Gasteiger partial charge on any atom is 0.270 e. The highest BCUT2D eigenvalue weighted by Crippen LogP contribution is 2.34. The maximum atomic E-state index is 13.1. The van der Waals surface area contributed by atoms with Crippen molar-refractivity contribution < 1.29 is 9.59 Å². The smallest absolute Gasteiger partial charge is 0.270 e. The standard InChI is InChI=1S/C22H26BrClN4O2S/c1-26(15-4-5-31-12-15)11-20(29)27-7-13-9-28(10-14(13)8-27)22(30)19-6-16-17(23)2-3-18(24)21(16)25-19/h2-3,6,13-15,25H,4-5,7-12H2,1H3/t13-,14+,15?. The topological polar surface area (TPSA) is 59.7 Å². The molecule has 5 rings (SSSR count). The third-order valence-corrected chi connectivity index (χ3v) is 9.11. The van der Waals surface area contributed by atoms with Crippen molar-refractivity contribution in [3.8, 4) is 0 Å². The summed E-state index contributed by atoms with van der Waals surface area (Å²) in [6.45, 7) is 3.41. The Hall–Kier alpha value is -1.22. The Kier molecular flexibility index (Phi) is 6.01. The molecule has 2 amide bonds. The molecule has 1 unspecified atom stereocenters. The fourth-order valence-corrected chi connectivity index (χ4v) is 7.07.